The van der Waals surface area contributed by atoms with Crippen LogP contribution in [0.3, 0.4) is 0 Å². The van der Waals surface area contributed by atoms with Gasteiger partial charge >= 0.3 is 6.09 Å². The summed E-state index contributed by atoms with van der Waals surface area (Å²) in [4.78, 5) is 15.5. The van der Waals surface area contributed by atoms with E-state index in [2.05, 4.69) is 9.99 Å². The van der Waals surface area contributed by atoms with E-state index in [1.165, 1.54) is 13.3 Å². The lowest BCUT2D eigenvalue weighted by Crippen LogP contribution is -2.29. The Bertz CT molecular complexity index is 248. The van der Waals surface area contributed by atoms with E-state index in [-0.39, 0.29) is 4.75 Å². The summed E-state index contributed by atoms with van der Waals surface area (Å²) >= 11 is 1.55. The van der Waals surface area contributed by atoms with Crippen LogP contribution in [0.4, 0.5) is 4.79 Å². The normalized spacial score (nSPS) is 14.0. The summed E-state index contributed by atoms with van der Waals surface area (Å²) in [6.45, 7) is 3.83. The highest BCUT2D eigenvalue weighted by Gasteiger charge is 2.22. The van der Waals surface area contributed by atoms with Crippen molar-refractivity contribution in [2.75, 3.05) is 13.3 Å². The number of amides is 1. The van der Waals surface area contributed by atoms with Crippen molar-refractivity contribution in [1.82, 2.24) is 4.31 Å². The predicted molar refractivity (Wildman–Crippen MR) is 64.3 cm³/mol. The summed E-state index contributed by atoms with van der Waals surface area (Å²) in [6.07, 6.45) is 2.53. The quantitative estimate of drug-likeness (QED) is 0.340. The van der Waals surface area contributed by atoms with Crippen LogP contribution in [0.1, 0.15) is 13.8 Å². The second-order valence-electron chi connectivity index (χ2n) is 3.10. The molecular formula is C7H13ClN2O3S2. The number of nitrogens with zero attached hydrogens (tertiary/aromatic N) is 2. The van der Waals surface area contributed by atoms with E-state index in [0.29, 0.717) is 0 Å². The molecule has 1 unspecified atom stereocenters. The molecule has 0 saturated carbocycles. The molecule has 0 aliphatic carbocycles. The molecule has 88 valence electrons. The Balaban J connectivity index is 4.12. The van der Waals surface area contributed by atoms with Crippen molar-refractivity contribution in [3.8, 4) is 0 Å². The smallest absolute Gasteiger partial charge is 0.478 e. The van der Waals surface area contributed by atoms with Gasteiger partial charge in [0.25, 0.3) is 0 Å². The van der Waals surface area contributed by atoms with E-state index in [1.807, 2.05) is 20.1 Å². The summed E-state index contributed by atoms with van der Waals surface area (Å²) in [5, 5.41) is 3.49. The number of carbonyl (C=O) groups excluding carboxylic acids is 1. The monoisotopic (exact) mass is 272 g/mol. The third-order valence-corrected chi connectivity index (χ3v) is 3.85. The van der Waals surface area contributed by atoms with Crippen molar-refractivity contribution >= 4 is 45.3 Å². The Morgan fingerprint density at radius 3 is 2.67 bits per heavy atom. The molecule has 0 aliphatic heterocycles. The molecule has 0 heterocycles. The van der Waals surface area contributed by atoms with E-state index in [1.54, 1.807) is 11.8 Å². The van der Waals surface area contributed by atoms with Gasteiger partial charge in [-0.2, -0.15) is 11.8 Å². The van der Waals surface area contributed by atoms with Crippen molar-refractivity contribution < 1.29 is 14.2 Å². The van der Waals surface area contributed by atoms with Crippen LogP contribution in [0.5, 0.6) is 0 Å². The molecule has 0 aromatic carbocycles. The number of rotatable bonds is 4. The number of hydrogen-bond acceptors (Lipinski definition) is 5. The predicted octanol–water partition coefficient (Wildman–Crippen LogP) is 2.00. The topological polar surface area (TPSA) is 65.0 Å². The van der Waals surface area contributed by atoms with Crippen molar-refractivity contribution in [2.45, 2.75) is 18.6 Å². The maximum absolute atomic E-state index is 11.1. The highest BCUT2D eigenvalue weighted by atomic mass is 35.7. The Morgan fingerprint density at radius 1 is 1.73 bits per heavy atom. The number of halogens is 1. The van der Waals surface area contributed by atoms with Crippen molar-refractivity contribution in [2.24, 2.45) is 5.16 Å². The SMILES string of the molecule is CSC(C)(C)/C=N/OC(=O)N(C)[S+]([O-])Cl. The van der Waals surface area contributed by atoms with Gasteiger partial charge in [-0.25, -0.2) is 4.79 Å². The molecule has 1 atom stereocenters. The first-order chi connectivity index (χ1) is 6.80. The largest absolute Gasteiger partial charge is 0.575 e. The standard InChI is InChI=1S/C7H13ClN2O3S2/c1-7(2,14-4)5-9-13-6(11)10(3)15(8)12/h5H,1-4H3/b9-5+. The van der Waals surface area contributed by atoms with Gasteiger partial charge in [0.2, 0.25) is 10.7 Å². The Kier molecular flexibility index (Phi) is 6.42. The fraction of sp³-hybridized carbons (Fsp3) is 0.714. The van der Waals surface area contributed by atoms with E-state index in [9.17, 15) is 9.35 Å². The minimum absolute atomic E-state index is 0.223. The van der Waals surface area contributed by atoms with Gasteiger partial charge in [-0.1, -0.05) is 5.16 Å². The first-order valence-corrected chi connectivity index (χ1v) is 7.08. The lowest BCUT2D eigenvalue weighted by Gasteiger charge is -2.14. The fourth-order valence-electron chi connectivity index (χ4n) is 0.367. The third-order valence-electron chi connectivity index (χ3n) is 1.49. The van der Waals surface area contributed by atoms with E-state index in [0.717, 1.165) is 4.31 Å². The molecule has 15 heavy (non-hydrogen) atoms. The van der Waals surface area contributed by atoms with E-state index < -0.39 is 16.7 Å². The zero-order chi connectivity index (χ0) is 12.1. The molecule has 0 spiro atoms. The molecular weight excluding hydrogens is 260 g/mol. The highest BCUT2D eigenvalue weighted by Crippen LogP contribution is 2.18. The number of oxime groups is 1. The van der Waals surface area contributed by atoms with Crippen molar-refractivity contribution in [3.05, 3.63) is 0 Å². The van der Waals surface area contributed by atoms with Crippen molar-refractivity contribution in [3.63, 3.8) is 0 Å². The molecule has 0 bridgehead atoms. The van der Waals surface area contributed by atoms with Crippen LogP contribution in [-0.4, -0.2) is 39.2 Å². The van der Waals surface area contributed by atoms with Crippen LogP contribution >= 0.6 is 22.4 Å². The summed E-state index contributed by atoms with van der Waals surface area (Å²) in [6, 6.07) is 0. The van der Waals surface area contributed by atoms with Gasteiger partial charge in [0.1, 0.15) is 0 Å². The average molecular weight is 273 g/mol. The van der Waals surface area contributed by atoms with E-state index >= 15 is 0 Å². The molecule has 5 nitrogen and oxygen atoms in total. The van der Waals surface area contributed by atoms with Crippen LogP contribution < -0.4 is 0 Å². The van der Waals surface area contributed by atoms with Gasteiger partial charge in [-0.15, -0.1) is 4.31 Å². The Hall–Kier alpha value is -0.110. The molecule has 1 amide bonds. The van der Waals surface area contributed by atoms with Gasteiger partial charge in [0.05, 0.1) is 13.3 Å². The summed E-state index contributed by atoms with van der Waals surface area (Å²) < 4.78 is 11.2. The number of thioether (sulfide) groups is 1. The molecule has 0 aromatic rings. The second-order valence-corrected chi connectivity index (χ2v) is 6.32. The molecule has 0 aliphatic rings. The minimum Gasteiger partial charge on any atom is -0.575 e. The molecule has 0 N–H and O–H groups in total. The molecule has 0 fully saturated rings. The van der Waals surface area contributed by atoms with Crippen LogP contribution in [0, 0.1) is 0 Å². The van der Waals surface area contributed by atoms with Crippen molar-refractivity contribution in [1.29, 1.82) is 0 Å². The maximum atomic E-state index is 11.1. The first kappa shape index (κ1) is 14.9. The van der Waals surface area contributed by atoms with Crippen LogP contribution in [0.2, 0.25) is 0 Å². The minimum atomic E-state index is -1.91. The molecule has 0 rings (SSSR count). The highest BCUT2D eigenvalue weighted by molar-refractivity contribution is 8.12. The molecule has 0 saturated heterocycles. The Morgan fingerprint density at radius 2 is 2.27 bits per heavy atom. The van der Waals surface area contributed by atoms with Crippen LogP contribution in [-0.2, 0) is 15.4 Å². The maximum Gasteiger partial charge on any atom is 0.478 e. The second kappa shape index (κ2) is 6.47. The molecule has 0 aromatic heterocycles. The van der Waals surface area contributed by atoms with Gasteiger partial charge < -0.3 is 4.55 Å². The lowest BCUT2D eigenvalue weighted by molar-refractivity contribution is 0.135. The van der Waals surface area contributed by atoms with Gasteiger partial charge in [-0.05, 0) is 20.1 Å². The average Bonchev–Trinajstić information content (AvgIpc) is 2.16. The first-order valence-electron chi connectivity index (χ1n) is 3.92. The van der Waals surface area contributed by atoms with Gasteiger partial charge in [0, 0.05) is 4.75 Å². The summed E-state index contributed by atoms with van der Waals surface area (Å²) in [5.74, 6) is 0. The fourth-order valence-corrected chi connectivity index (χ4v) is 0.835. The zero-order valence-electron chi connectivity index (χ0n) is 8.89. The Labute approximate surface area is 101 Å². The van der Waals surface area contributed by atoms with E-state index in [4.69, 9.17) is 10.7 Å². The van der Waals surface area contributed by atoms with Gasteiger partial charge in [-0.3, -0.25) is 4.84 Å². The summed E-state index contributed by atoms with van der Waals surface area (Å²) in [5.41, 5.74) is 0. The third kappa shape index (κ3) is 6.14. The molecule has 8 heteroatoms. The molecule has 0 radical (unpaired) electrons. The lowest BCUT2D eigenvalue weighted by atomic mass is 10.2. The number of hydrogen-bond donors (Lipinski definition) is 0. The number of carbonyl (C=O) groups is 1. The summed E-state index contributed by atoms with van der Waals surface area (Å²) in [7, 11) is 4.50. The van der Waals surface area contributed by atoms with Gasteiger partial charge in [0.15, 0.2) is 10.6 Å². The zero-order valence-corrected chi connectivity index (χ0v) is 11.3. The van der Waals surface area contributed by atoms with Crippen LogP contribution in [0.15, 0.2) is 5.16 Å². The van der Waals surface area contributed by atoms with Crippen LogP contribution in [0.25, 0.3) is 0 Å².